The first kappa shape index (κ1) is 26.7. The molecule has 2 aromatic heterocycles. The van der Waals surface area contributed by atoms with Gasteiger partial charge in [-0.25, -0.2) is 17.7 Å². The van der Waals surface area contributed by atoms with Crippen LogP contribution < -0.4 is 15.5 Å². The van der Waals surface area contributed by atoms with Crippen LogP contribution in [0.3, 0.4) is 0 Å². The molecule has 198 valence electrons. The molecule has 1 N–H and O–H groups in total. The van der Waals surface area contributed by atoms with Crippen molar-refractivity contribution in [3.63, 3.8) is 0 Å². The van der Waals surface area contributed by atoms with Crippen molar-refractivity contribution in [1.82, 2.24) is 18.9 Å². The van der Waals surface area contributed by atoms with Crippen LogP contribution in [-0.2, 0) is 10.0 Å². The quantitative estimate of drug-likeness (QED) is 0.204. The van der Waals surface area contributed by atoms with Gasteiger partial charge in [0.2, 0.25) is 10.0 Å². The van der Waals surface area contributed by atoms with E-state index in [1.165, 1.54) is 4.31 Å². The van der Waals surface area contributed by atoms with Gasteiger partial charge in [0, 0.05) is 43.0 Å². The zero-order valence-corrected chi connectivity index (χ0v) is 23.2. The van der Waals surface area contributed by atoms with Gasteiger partial charge < -0.3 is 10.1 Å². The highest BCUT2D eigenvalue weighted by Crippen LogP contribution is 2.28. The molecule has 0 amide bonds. The number of halogens is 1. The monoisotopic (exact) mass is 559 g/mol. The van der Waals surface area contributed by atoms with Crippen LogP contribution in [0.25, 0.3) is 16.9 Å². The zero-order valence-electron chi connectivity index (χ0n) is 21.6. The van der Waals surface area contributed by atoms with E-state index in [0.29, 0.717) is 36.0 Å². The normalized spacial score (nSPS) is 11.7. The molecule has 2 heterocycles. The first-order valence-corrected chi connectivity index (χ1v) is 14.3. The van der Waals surface area contributed by atoms with Crippen molar-refractivity contribution in [3.8, 4) is 22.8 Å². The average molecular weight is 560 g/mol. The van der Waals surface area contributed by atoms with Crippen molar-refractivity contribution in [2.45, 2.75) is 11.3 Å². The fourth-order valence-corrected chi connectivity index (χ4v) is 5.57. The maximum Gasteiger partial charge on any atom is 0.242 e. The number of nitrogens with zero attached hydrogens (tertiary/aromatic N) is 4. The Hall–Kier alpha value is -3.86. The van der Waals surface area contributed by atoms with E-state index in [-0.39, 0.29) is 4.90 Å². The third-order valence-electron chi connectivity index (χ3n) is 6.26. The van der Waals surface area contributed by atoms with Gasteiger partial charge in [0.05, 0.1) is 10.6 Å². The van der Waals surface area contributed by atoms with Gasteiger partial charge >= 0.3 is 0 Å². The fourth-order valence-electron chi connectivity index (χ4n) is 4.13. The molecule has 0 aliphatic heterocycles. The number of hydrogen-bond acceptors (Lipinski definition) is 6. The summed E-state index contributed by atoms with van der Waals surface area (Å²) in [5.74, 6) is 2.01. The van der Waals surface area contributed by atoms with Crippen molar-refractivity contribution < 1.29 is 13.2 Å². The Morgan fingerprint density at radius 3 is 2.44 bits per heavy atom. The van der Waals surface area contributed by atoms with E-state index in [4.69, 9.17) is 21.3 Å². The lowest BCUT2D eigenvalue weighted by Gasteiger charge is -2.18. The SMILES string of the molecule is Bc1cnn2c(NCCCN(C)S(=O)(=O)c3ccc(Oc4ccccc4)cc3)cc(-c3ccccc3Cl)nc12. The van der Waals surface area contributed by atoms with Gasteiger partial charge in [0.25, 0.3) is 0 Å². The average Bonchev–Trinajstić information content (AvgIpc) is 3.32. The number of nitrogens with one attached hydrogen (secondary N) is 1. The topological polar surface area (TPSA) is 88.8 Å². The van der Waals surface area contributed by atoms with E-state index in [2.05, 4.69) is 10.4 Å². The molecular weight excluding hydrogens is 533 g/mol. The molecule has 0 aliphatic carbocycles. The largest absolute Gasteiger partial charge is 0.457 e. The van der Waals surface area contributed by atoms with Gasteiger partial charge in [-0.3, -0.25) is 0 Å². The molecule has 0 aliphatic rings. The van der Waals surface area contributed by atoms with Crippen LogP contribution in [0.15, 0.2) is 96.0 Å². The van der Waals surface area contributed by atoms with Crippen LogP contribution in [0.2, 0.25) is 5.02 Å². The first-order chi connectivity index (χ1) is 18.8. The molecule has 0 radical (unpaired) electrons. The predicted molar refractivity (Wildman–Crippen MR) is 157 cm³/mol. The van der Waals surface area contributed by atoms with Crippen LogP contribution in [0.4, 0.5) is 5.82 Å². The molecule has 0 spiro atoms. The van der Waals surface area contributed by atoms with Crippen molar-refractivity contribution in [2.75, 3.05) is 25.5 Å². The van der Waals surface area contributed by atoms with Crippen LogP contribution in [0.1, 0.15) is 6.42 Å². The summed E-state index contributed by atoms with van der Waals surface area (Å²) in [4.78, 5) is 4.97. The summed E-state index contributed by atoms with van der Waals surface area (Å²) >= 11 is 6.42. The number of rotatable bonds is 10. The molecule has 0 unspecified atom stereocenters. The summed E-state index contributed by atoms with van der Waals surface area (Å²) in [6.07, 6.45) is 2.34. The number of para-hydroxylation sites is 1. The Bertz CT molecular complexity index is 1700. The minimum absolute atomic E-state index is 0.214. The minimum atomic E-state index is -3.64. The lowest BCUT2D eigenvalue weighted by molar-refractivity contribution is 0.464. The van der Waals surface area contributed by atoms with Crippen molar-refractivity contribution in [1.29, 1.82) is 0 Å². The molecule has 0 saturated carbocycles. The molecule has 0 atom stereocenters. The van der Waals surface area contributed by atoms with Gasteiger partial charge in [-0.2, -0.15) is 9.61 Å². The number of ether oxygens (including phenoxy) is 1. The predicted octanol–water partition coefficient (Wildman–Crippen LogP) is 4.22. The van der Waals surface area contributed by atoms with E-state index in [0.717, 1.165) is 28.2 Å². The molecule has 5 aromatic rings. The van der Waals surface area contributed by atoms with Gasteiger partial charge in [0.15, 0.2) is 5.65 Å². The Morgan fingerprint density at radius 2 is 1.69 bits per heavy atom. The highest BCUT2D eigenvalue weighted by Gasteiger charge is 2.20. The minimum Gasteiger partial charge on any atom is -0.457 e. The fraction of sp³-hybridized carbons (Fsp3) is 0.143. The number of hydrogen-bond donors (Lipinski definition) is 1. The van der Waals surface area contributed by atoms with Crippen molar-refractivity contribution in [3.05, 3.63) is 96.1 Å². The third kappa shape index (κ3) is 5.93. The molecule has 3 aromatic carbocycles. The van der Waals surface area contributed by atoms with E-state index >= 15 is 0 Å². The summed E-state index contributed by atoms with van der Waals surface area (Å²) in [6.45, 7) is 0.866. The van der Waals surface area contributed by atoms with Crippen LogP contribution >= 0.6 is 11.6 Å². The highest BCUT2D eigenvalue weighted by molar-refractivity contribution is 7.89. The highest BCUT2D eigenvalue weighted by atomic mass is 35.5. The molecule has 0 bridgehead atoms. The summed E-state index contributed by atoms with van der Waals surface area (Å²) in [5.41, 5.74) is 3.24. The Balaban J connectivity index is 1.23. The van der Waals surface area contributed by atoms with Crippen molar-refractivity contribution in [2.24, 2.45) is 0 Å². The van der Waals surface area contributed by atoms with E-state index in [1.54, 1.807) is 42.0 Å². The molecule has 39 heavy (non-hydrogen) atoms. The Labute approximate surface area is 233 Å². The van der Waals surface area contributed by atoms with Crippen LogP contribution in [-0.4, -0.2) is 55.3 Å². The third-order valence-corrected chi connectivity index (χ3v) is 8.47. The molecule has 0 fully saturated rings. The lowest BCUT2D eigenvalue weighted by atomic mass is 10.0. The number of aromatic nitrogens is 3. The van der Waals surface area contributed by atoms with Gasteiger partial charge in [-0.05, 0) is 54.3 Å². The summed E-state index contributed by atoms with van der Waals surface area (Å²) < 4.78 is 35.1. The number of sulfonamides is 1. The number of benzene rings is 3. The second kappa shape index (κ2) is 11.5. The van der Waals surface area contributed by atoms with Gasteiger partial charge in [-0.1, -0.05) is 48.0 Å². The molecule has 11 heteroatoms. The summed E-state index contributed by atoms with van der Waals surface area (Å²) in [6, 6.07) is 25.3. The van der Waals surface area contributed by atoms with E-state index < -0.39 is 10.0 Å². The maximum absolute atomic E-state index is 13.1. The Morgan fingerprint density at radius 1 is 1.00 bits per heavy atom. The van der Waals surface area contributed by atoms with E-state index in [9.17, 15) is 8.42 Å². The van der Waals surface area contributed by atoms with E-state index in [1.807, 2.05) is 68.5 Å². The van der Waals surface area contributed by atoms with Crippen LogP contribution in [0.5, 0.6) is 11.5 Å². The summed E-state index contributed by atoms with van der Waals surface area (Å²) in [7, 11) is -0.107. The smallest absolute Gasteiger partial charge is 0.242 e. The Kier molecular flexibility index (Phi) is 7.88. The molecule has 0 saturated heterocycles. The number of fused-ring (bicyclic) bond motifs is 1. The first-order valence-electron chi connectivity index (χ1n) is 12.5. The number of anilines is 1. The zero-order chi connectivity index (χ0) is 27.4. The lowest BCUT2D eigenvalue weighted by Crippen LogP contribution is -2.29. The van der Waals surface area contributed by atoms with Gasteiger partial charge in [-0.15, -0.1) is 0 Å². The van der Waals surface area contributed by atoms with Crippen molar-refractivity contribution >= 4 is 46.4 Å². The van der Waals surface area contributed by atoms with Gasteiger partial charge in [0.1, 0.15) is 25.2 Å². The second-order valence-electron chi connectivity index (χ2n) is 9.06. The maximum atomic E-state index is 13.1. The molecular formula is C28H27BClN5O3S. The summed E-state index contributed by atoms with van der Waals surface area (Å²) in [5, 5.41) is 8.45. The second-order valence-corrected chi connectivity index (χ2v) is 11.5. The standard InChI is InChI=1S/C28H27BClN5O3S/c1-34(39(36,37)22-14-12-21(13-15-22)38-20-8-3-2-4-9-20)17-7-16-31-27-18-26(23-10-5-6-11-25(23)30)33-28-24(29)19-32-35(27)28/h2-6,8-15,18-19,31H,7,16-17,29H2,1H3. The molecule has 5 rings (SSSR count). The van der Waals surface area contributed by atoms with Crippen LogP contribution in [0, 0.1) is 0 Å². The molecule has 8 nitrogen and oxygen atoms in total.